The van der Waals surface area contributed by atoms with Gasteiger partial charge in [0.05, 0.1) is 29.8 Å². The molecule has 0 aliphatic heterocycles. The minimum Gasteiger partial charge on any atom is -0.493 e. The van der Waals surface area contributed by atoms with Crippen molar-refractivity contribution in [2.24, 2.45) is 0 Å². The Morgan fingerprint density at radius 2 is 1.42 bits per heavy atom. The lowest BCUT2D eigenvalue weighted by Gasteiger charge is -2.11. The predicted molar refractivity (Wildman–Crippen MR) is 98.0 cm³/mol. The molecule has 2 rings (SSSR count). The molecule has 9 heteroatoms. The first-order chi connectivity index (χ1) is 12.2. The standard InChI is InChI=1S/C17H21NO6S2/c1-13-4-6-14(7-5-13)26(21,22)18-10-11-25(19,20)15-8-9-16(23-2)17(12-15)24-3/h4-9,12,18H,10-11H2,1-3H3. The van der Waals surface area contributed by atoms with Crippen LogP contribution in [0.25, 0.3) is 0 Å². The minimum absolute atomic E-state index is 0.0321. The zero-order valence-corrected chi connectivity index (χ0v) is 16.4. The zero-order chi connectivity index (χ0) is 19.4. The lowest BCUT2D eigenvalue weighted by atomic mass is 10.2. The maximum Gasteiger partial charge on any atom is 0.240 e. The molecule has 0 aliphatic carbocycles. The molecule has 0 aliphatic rings. The second-order valence-electron chi connectivity index (χ2n) is 5.55. The van der Waals surface area contributed by atoms with Crippen molar-refractivity contribution < 1.29 is 26.3 Å². The molecular formula is C17H21NO6S2. The molecule has 0 radical (unpaired) electrons. The zero-order valence-electron chi connectivity index (χ0n) is 14.7. The molecule has 0 saturated carbocycles. The Hall–Kier alpha value is -2.10. The van der Waals surface area contributed by atoms with Crippen molar-refractivity contribution in [2.75, 3.05) is 26.5 Å². The van der Waals surface area contributed by atoms with Gasteiger partial charge in [-0.2, -0.15) is 0 Å². The van der Waals surface area contributed by atoms with Crippen molar-refractivity contribution in [1.29, 1.82) is 0 Å². The lowest BCUT2D eigenvalue weighted by Crippen LogP contribution is -2.29. The summed E-state index contributed by atoms with van der Waals surface area (Å²) in [6, 6.07) is 10.5. The van der Waals surface area contributed by atoms with Gasteiger partial charge in [0.25, 0.3) is 0 Å². The summed E-state index contributed by atoms with van der Waals surface area (Å²) in [5.41, 5.74) is 0.931. The van der Waals surface area contributed by atoms with Gasteiger partial charge in [0, 0.05) is 12.6 Å². The summed E-state index contributed by atoms with van der Waals surface area (Å²) in [6.07, 6.45) is 0. The quantitative estimate of drug-likeness (QED) is 0.726. The van der Waals surface area contributed by atoms with Gasteiger partial charge < -0.3 is 9.47 Å². The number of methoxy groups -OCH3 is 2. The van der Waals surface area contributed by atoms with Crippen molar-refractivity contribution in [3.05, 3.63) is 48.0 Å². The fourth-order valence-corrected chi connectivity index (χ4v) is 4.57. The lowest BCUT2D eigenvalue weighted by molar-refractivity contribution is 0.354. The van der Waals surface area contributed by atoms with E-state index in [9.17, 15) is 16.8 Å². The van der Waals surface area contributed by atoms with Gasteiger partial charge in [-0.25, -0.2) is 21.6 Å². The van der Waals surface area contributed by atoms with E-state index in [0.29, 0.717) is 5.75 Å². The smallest absolute Gasteiger partial charge is 0.240 e. The minimum atomic E-state index is -3.76. The van der Waals surface area contributed by atoms with E-state index in [2.05, 4.69) is 4.72 Å². The molecule has 2 aromatic carbocycles. The first-order valence-electron chi connectivity index (χ1n) is 7.71. The van der Waals surface area contributed by atoms with Gasteiger partial charge >= 0.3 is 0 Å². The summed E-state index contributed by atoms with van der Waals surface area (Å²) in [6.45, 7) is 1.60. The third-order valence-electron chi connectivity index (χ3n) is 3.71. The highest BCUT2D eigenvalue weighted by Gasteiger charge is 2.19. The average Bonchev–Trinajstić information content (AvgIpc) is 2.61. The number of sulfone groups is 1. The van der Waals surface area contributed by atoms with Crippen LogP contribution in [-0.4, -0.2) is 43.4 Å². The van der Waals surface area contributed by atoms with Crippen LogP contribution >= 0.6 is 0 Å². The van der Waals surface area contributed by atoms with Crippen molar-refractivity contribution >= 4 is 19.9 Å². The Kier molecular flexibility index (Phi) is 6.27. The Morgan fingerprint density at radius 1 is 0.846 bits per heavy atom. The topological polar surface area (TPSA) is 98.8 Å². The predicted octanol–water partition coefficient (Wildman–Crippen LogP) is 1.76. The molecule has 26 heavy (non-hydrogen) atoms. The van der Waals surface area contributed by atoms with Crippen LogP contribution in [0.15, 0.2) is 52.3 Å². The number of ether oxygens (including phenoxy) is 2. The van der Waals surface area contributed by atoms with Gasteiger partial charge in [0.15, 0.2) is 21.3 Å². The van der Waals surface area contributed by atoms with E-state index in [1.807, 2.05) is 6.92 Å². The SMILES string of the molecule is COc1ccc(S(=O)(=O)CCNS(=O)(=O)c2ccc(C)cc2)cc1OC. The summed E-state index contributed by atoms with van der Waals surface area (Å²) in [4.78, 5) is 0.122. The van der Waals surface area contributed by atoms with Gasteiger partial charge in [0.1, 0.15) is 0 Å². The molecule has 0 heterocycles. The highest BCUT2D eigenvalue weighted by Crippen LogP contribution is 2.29. The van der Waals surface area contributed by atoms with Gasteiger partial charge in [0.2, 0.25) is 10.0 Å². The third-order valence-corrected chi connectivity index (χ3v) is 6.90. The fourth-order valence-electron chi connectivity index (χ4n) is 2.24. The second kappa shape index (κ2) is 8.07. The second-order valence-corrected chi connectivity index (χ2v) is 9.42. The largest absolute Gasteiger partial charge is 0.493 e. The summed E-state index contributed by atoms with van der Waals surface area (Å²) in [5, 5.41) is 0. The van der Waals surface area contributed by atoms with Crippen LogP contribution in [0, 0.1) is 6.92 Å². The molecule has 0 spiro atoms. The summed E-state index contributed by atoms with van der Waals surface area (Å²) < 4.78 is 61.8. The number of sulfonamides is 1. The Morgan fingerprint density at radius 3 is 2.00 bits per heavy atom. The van der Waals surface area contributed by atoms with E-state index in [4.69, 9.17) is 9.47 Å². The number of rotatable bonds is 8. The Bertz CT molecular complexity index is 967. The molecule has 2 aromatic rings. The first kappa shape index (κ1) is 20.2. The number of nitrogens with one attached hydrogen (secondary N) is 1. The molecule has 0 saturated heterocycles. The van der Waals surface area contributed by atoms with Crippen molar-refractivity contribution in [3.8, 4) is 11.5 Å². The van der Waals surface area contributed by atoms with E-state index in [-0.39, 0.29) is 27.8 Å². The normalized spacial score (nSPS) is 12.0. The molecule has 0 bridgehead atoms. The number of benzene rings is 2. The van der Waals surface area contributed by atoms with Gasteiger partial charge in [-0.15, -0.1) is 0 Å². The van der Waals surface area contributed by atoms with E-state index < -0.39 is 19.9 Å². The van der Waals surface area contributed by atoms with Crippen LogP contribution in [0.5, 0.6) is 11.5 Å². The average molecular weight is 399 g/mol. The molecule has 1 N–H and O–H groups in total. The van der Waals surface area contributed by atoms with E-state index >= 15 is 0 Å². The molecule has 0 atom stereocenters. The van der Waals surface area contributed by atoms with Crippen LogP contribution in [0.2, 0.25) is 0 Å². The van der Waals surface area contributed by atoms with Crippen LogP contribution in [0.4, 0.5) is 0 Å². The third kappa shape index (κ3) is 4.75. The monoisotopic (exact) mass is 399 g/mol. The summed E-state index contributed by atoms with van der Waals surface area (Å²) in [7, 11) is -4.60. The summed E-state index contributed by atoms with van der Waals surface area (Å²) >= 11 is 0. The van der Waals surface area contributed by atoms with Crippen molar-refractivity contribution in [2.45, 2.75) is 16.7 Å². The van der Waals surface area contributed by atoms with Gasteiger partial charge in [-0.3, -0.25) is 0 Å². The highest BCUT2D eigenvalue weighted by molar-refractivity contribution is 7.91. The van der Waals surface area contributed by atoms with Crippen LogP contribution < -0.4 is 14.2 Å². The van der Waals surface area contributed by atoms with Gasteiger partial charge in [-0.1, -0.05) is 17.7 Å². The van der Waals surface area contributed by atoms with Crippen molar-refractivity contribution in [3.63, 3.8) is 0 Å². The van der Waals surface area contributed by atoms with Crippen LogP contribution in [0.1, 0.15) is 5.56 Å². The molecule has 142 valence electrons. The fraction of sp³-hybridized carbons (Fsp3) is 0.294. The Balaban J connectivity index is 2.09. The number of hydrogen-bond donors (Lipinski definition) is 1. The van der Waals surface area contributed by atoms with E-state index in [0.717, 1.165) is 5.56 Å². The van der Waals surface area contributed by atoms with Gasteiger partial charge in [-0.05, 0) is 31.2 Å². The maximum absolute atomic E-state index is 12.4. The van der Waals surface area contributed by atoms with E-state index in [1.165, 1.54) is 44.6 Å². The number of hydrogen-bond acceptors (Lipinski definition) is 6. The summed E-state index contributed by atoms with van der Waals surface area (Å²) in [5.74, 6) is 0.313. The molecule has 7 nitrogen and oxygen atoms in total. The number of aryl methyl sites for hydroxylation is 1. The molecule has 0 fully saturated rings. The van der Waals surface area contributed by atoms with Crippen molar-refractivity contribution in [1.82, 2.24) is 4.72 Å². The molecule has 0 unspecified atom stereocenters. The molecule has 0 amide bonds. The molecule has 0 aromatic heterocycles. The van der Waals surface area contributed by atoms with E-state index in [1.54, 1.807) is 12.1 Å². The molecular weight excluding hydrogens is 378 g/mol. The Labute approximate surface area is 153 Å². The van der Waals surface area contributed by atoms with Crippen LogP contribution in [0.3, 0.4) is 0 Å². The van der Waals surface area contributed by atoms with Crippen LogP contribution in [-0.2, 0) is 19.9 Å². The maximum atomic E-state index is 12.4. The highest BCUT2D eigenvalue weighted by atomic mass is 32.2. The first-order valence-corrected chi connectivity index (χ1v) is 10.8.